The summed E-state index contributed by atoms with van der Waals surface area (Å²) in [6.07, 6.45) is 0.221. The summed E-state index contributed by atoms with van der Waals surface area (Å²) < 4.78 is 29.4. The van der Waals surface area contributed by atoms with Crippen molar-refractivity contribution in [3.05, 3.63) is 63.7 Å². The third kappa shape index (κ3) is 5.07. The van der Waals surface area contributed by atoms with Gasteiger partial charge in [-0.2, -0.15) is 0 Å². The molecule has 9 heteroatoms. The second-order valence-corrected chi connectivity index (χ2v) is 8.65. The standard InChI is InChI=1S/C25H23ClFNO6/c1-14(25(31)28-8-7-15(13-28)9-23(29)32-2)33-17-4-6-19-20(12-24(30)34-22(19)11-17)18-5-3-16(27)10-21(18)26/h3-6,10-12,14-15H,7-9,13H2,1-2H3/t14-,15-/m1/s1. The van der Waals surface area contributed by atoms with Crippen LogP contribution in [0.5, 0.6) is 5.75 Å². The Morgan fingerprint density at radius 2 is 2.00 bits per heavy atom. The minimum absolute atomic E-state index is 0.0650. The molecule has 0 bridgehead atoms. The van der Waals surface area contributed by atoms with Crippen molar-refractivity contribution in [2.45, 2.75) is 25.9 Å². The fraction of sp³-hybridized carbons (Fsp3) is 0.320. The van der Waals surface area contributed by atoms with Crippen LogP contribution in [0.1, 0.15) is 19.8 Å². The highest BCUT2D eigenvalue weighted by molar-refractivity contribution is 6.33. The van der Waals surface area contributed by atoms with Gasteiger partial charge in [0.15, 0.2) is 6.10 Å². The normalized spacial score (nSPS) is 16.5. The number of ether oxygens (including phenoxy) is 2. The molecule has 1 amide bonds. The number of likely N-dealkylation sites (tertiary alicyclic amines) is 1. The van der Waals surface area contributed by atoms with Gasteiger partial charge in [0.2, 0.25) is 0 Å². The lowest BCUT2D eigenvalue weighted by Crippen LogP contribution is -2.39. The van der Waals surface area contributed by atoms with Gasteiger partial charge in [-0.1, -0.05) is 11.6 Å². The molecule has 1 saturated heterocycles. The molecule has 1 fully saturated rings. The first kappa shape index (κ1) is 23.8. The average Bonchev–Trinajstić information content (AvgIpc) is 3.26. The third-order valence-corrected chi connectivity index (χ3v) is 6.19. The van der Waals surface area contributed by atoms with Crippen LogP contribution < -0.4 is 10.4 Å². The van der Waals surface area contributed by atoms with Gasteiger partial charge in [-0.05, 0) is 49.6 Å². The van der Waals surface area contributed by atoms with Gasteiger partial charge in [-0.3, -0.25) is 9.59 Å². The van der Waals surface area contributed by atoms with Gasteiger partial charge in [0.25, 0.3) is 5.91 Å². The van der Waals surface area contributed by atoms with Crippen molar-refractivity contribution in [3.63, 3.8) is 0 Å². The highest BCUT2D eigenvalue weighted by Gasteiger charge is 2.31. The van der Waals surface area contributed by atoms with E-state index in [1.807, 2.05) is 0 Å². The molecule has 7 nitrogen and oxygen atoms in total. The van der Waals surface area contributed by atoms with Crippen molar-refractivity contribution in [1.82, 2.24) is 4.90 Å². The van der Waals surface area contributed by atoms with Crippen LogP contribution in [0.15, 0.2) is 51.7 Å². The Balaban J connectivity index is 1.53. The van der Waals surface area contributed by atoms with E-state index in [4.69, 9.17) is 25.5 Å². The lowest BCUT2D eigenvalue weighted by Gasteiger charge is -2.22. The molecule has 1 aliphatic heterocycles. The van der Waals surface area contributed by atoms with Crippen molar-refractivity contribution in [2.24, 2.45) is 5.92 Å². The topological polar surface area (TPSA) is 86.0 Å². The Hall–Kier alpha value is -3.39. The van der Waals surface area contributed by atoms with Crippen LogP contribution >= 0.6 is 11.6 Å². The maximum Gasteiger partial charge on any atom is 0.336 e. The van der Waals surface area contributed by atoms with Gasteiger partial charge in [0.05, 0.1) is 18.6 Å². The maximum absolute atomic E-state index is 13.5. The van der Waals surface area contributed by atoms with Gasteiger partial charge in [-0.15, -0.1) is 0 Å². The molecule has 2 heterocycles. The molecule has 0 unspecified atom stereocenters. The summed E-state index contributed by atoms with van der Waals surface area (Å²) in [4.78, 5) is 38.2. The molecule has 2 aromatic carbocycles. The summed E-state index contributed by atoms with van der Waals surface area (Å²) in [6.45, 7) is 2.66. The van der Waals surface area contributed by atoms with Crippen molar-refractivity contribution in [2.75, 3.05) is 20.2 Å². The molecule has 0 saturated carbocycles. The Labute approximate surface area is 200 Å². The van der Waals surface area contributed by atoms with Crippen molar-refractivity contribution in [1.29, 1.82) is 0 Å². The zero-order chi connectivity index (χ0) is 24.4. The second kappa shape index (κ2) is 9.85. The molecule has 2 atom stereocenters. The Bertz CT molecular complexity index is 1310. The van der Waals surface area contributed by atoms with E-state index in [9.17, 15) is 18.8 Å². The summed E-state index contributed by atoms with van der Waals surface area (Å²) in [6, 6.07) is 10.1. The van der Waals surface area contributed by atoms with Crippen LogP contribution in [0.2, 0.25) is 5.02 Å². The van der Waals surface area contributed by atoms with Crippen molar-refractivity contribution < 1.29 is 27.9 Å². The predicted molar refractivity (Wildman–Crippen MR) is 124 cm³/mol. The van der Waals surface area contributed by atoms with Crippen molar-refractivity contribution in [3.8, 4) is 16.9 Å². The summed E-state index contributed by atoms with van der Waals surface area (Å²) in [7, 11) is 1.35. The van der Waals surface area contributed by atoms with Crippen LogP contribution in [0.25, 0.3) is 22.1 Å². The van der Waals surface area contributed by atoms with E-state index in [1.54, 1.807) is 24.0 Å². The number of esters is 1. The Morgan fingerprint density at radius 3 is 2.74 bits per heavy atom. The SMILES string of the molecule is COC(=O)C[C@H]1CCN(C(=O)[C@@H](C)Oc2ccc3c(-c4ccc(F)cc4Cl)cc(=O)oc3c2)C1. The quantitative estimate of drug-likeness (QED) is 0.377. The van der Waals surface area contributed by atoms with Crippen LogP contribution in [0.3, 0.4) is 0 Å². The number of hydrogen-bond acceptors (Lipinski definition) is 6. The van der Waals surface area contributed by atoms with Gasteiger partial charge < -0.3 is 18.8 Å². The first-order chi connectivity index (χ1) is 16.2. The molecule has 0 spiro atoms. The number of benzene rings is 2. The molecule has 1 aromatic heterocycles. The molecule has 3 aromatic rings. The van der Waals surface area contributed by atoms with Crippen molar-refractivity contribution >= 4 is 34.4 Å². The van der Waals surface area contributed by atoms with E-state index in [0.29, 0.717) is 35.4 Å². The molecule has 34 heavy (non-hydrogen) atoms. The molecule has 178 valence electrons. The van der Waals surface area contributed by atoms with Crippen LogP contribution in [-0.4, -0.2) is 43.1 Å². The number of carbonyl (C=O) groups excluding carboxylic acids is 2. The molecule has 4 rings (SSSR count). The monoisotopic (exact) mass is 487 g/mol. The lowest BCUT2D eigenvalue weighted by atomic mass is 10.0. The lowest BCUT2D eigenvalue weighted by molar-refractivity contribution is -0.142. The fourth-order valence-corrected chi connectivity index (χ4v) is 4.45. The van der Waals surface area contributed by atoms with Gasteiger partial charge in [0.1, 0.15) is 17.1 Å². The highest BCUT2D eigenvalue weighted by atomic mass is 35.5. The maximum atomic E-state index is 13.5. The predicted octanol–water partition coefficient (Wildman–Crippen LogP) is 4.43. The van der Waals surface area contributed by atoms with E-state index < -0.39 is 17.5 Å². The van der Waals surface area contributed by atoms with Crippen LogP contribution in [0.4, 0.5) is 4.39 Å². The Kier molecular flexibility index (Phi) is 6.88. The zero-order valence-electron chi connectivity index (χ0n) is 18.7. The number of hydrogen-bond donors (Lipinski definition) is 0. The number of methoxy groups -OCH3 is 1. The van der Waals surface area contributed by atoms with Gasteiger partial charge >= 0.3 is 11.6 Å². The van der Waals surface area contributed by atoms with Gasteiger partial charge in [0, 0.05) is 41.7 Å². The molecular formula is C25H23ClFNO6. The minimum Gasteiger partial charge on any atom is -0.481 e. The number of halogens is 2. The minimum atomic E-state index is -0.782. The highest BCUT2D eigenvalue weighted by Crippen LogP contribution is 2.34. The number of rotatable bonds is 6. The van der Waals surface area contributed by atoms with Gasteiger partial charge in [-0.25, -0.2) is 9.18 Å². The number of amides is 1. The van der Waals surface area contributed by atoms with E-state index in [-0.39, 0.29) is 34.8 Å². The third-order valence-electron chi connectivity index (χ3n) is 5.88. The molecule has 0 aliphatic carbocycles. The summed E-state index contributed by atoms with van der Waals surface area (Å²) >= 11 is 6.20. The van der Waals surface area contributed by atoms with E-state index >= 15 is 0 Å². The summed E-state index contributed by atoms with van der Waals surface area (Å²) in [5.41, 5.74) is 0.645. The molecule has 0 N–H and O–H groups in total. The first-order valence-corrected chi connectivity index (χ1v) is 11.2. The van der Waals surface area contributed by atoms with E-state index in [2.05, 4.69) is 0 Å². The molecule has 0 radical (unpaired) electrons. The second-order valence-electron chi connectivity index (χ2n) is 8.24. The largest absolute Gasteiger partial charge is 0.481 e. The fourth-order valence-electron chi connectivity index (χ4n) is 4.18. The smallest absolute Gasteiger partial charge is 0.336 e. The molecule has 1 aliphatic rings. The average molecular weight is 488 g/mol. The van der Waals surface area contributed by atoms with Crippen LogP contribution in [0, 0.1) is 11.7 Å². The summed E-state index contributed by atoms with van der Waals surface area (Å²) in [5, 5.41) is 0.757. The number of carbonyl (C=O) groups is 2. The van der Waals surface area contributed by atoms with E-state index in [1.165, 1.54) is 37.4 Å². The number of fused-ring (bicyclic) bond motifs is 1. The zero-order valence-corrected chi connectivity index (χ0v) is 19.4. The number of nitrogens with zero attached hydrogens (tertiary/aromatic N) is 1. The van der Waals surface area contributed by atoms with Crippen LogP contribution in [-0.2, 0) is 14.3 Å². The Morgan fingerprint density at radius 1 is 1.21 bits per heavy atom. The summed E-state index contributed by atoms with van der Waals surface area (Å²) in [5.74, 6) is -0.548. The molecular weight excluding hydrogens is 465 g/mol. The first-order valence-electron chi connectivity index (χ1n) is 10.8. The van der Waals surface area contributed by atoms with E-state index in [0.717, 1.165) is 6.42 Å².